The molecule has 0 fully saturated rings. The summed E-state index contributed by atoms with van der Waals surface area (Å²) in [6.07, 6.45) is 3.59. The number of pyridine rings is 1. The van der Waals surface area contributed by atoms with Crippen LogP contribution in [0.2, 0.25) is 0 Å². The topological polar surface area (TPSA) is 88.2 Å². The first-order valence-electron chi connectivity index (χ1n) is 8.86. The maximum atomic E-state index is 12.7. The third-order valence-electron chi connectivity index (χ3n) is 4.27. The van der Waals surface area contributed by atoms with Crippen LogP contribution in [0.4, 0.5) is 5.69 Å². The van der Waals surface area contributed by atoms with Crippen molar-refractivity contribution >= 4 is 33.4 Å². The third kappa shape index (κ3) is 5.44. The number of hydrogen-bond donors (Lipinski definition) is 2. The first-order chi connectivity index (χ1) is 13.9. The fraction of sp³-hybridized carbons (Fsp3) is 0.143. The number of aryl methyl sites for hydroxylation is 1. The van der Waals surface area contributed by atoms with Gasteiger partial charge in [-0.05, 0) is 67.6 Å². The van der Waals surface area contributed by atoms with Gasteiger partial charge in [0, 0.05) is 34.3 Å². The minimum Gasteiger partial charge on any atom is -0.322 e. The number of rotatable bonds is 7. The Labute approximate surface area is 174 Å². The SMILES string of the molecule is CNS(=O)(=O)c1ccc(C)c(C(=O)Nc2ccc(SCc3cccnc3)cc2)c1. The second-order valence-corrected chi connectivity index (χ2v) is 9.25. The second kappa shape index (κ2) is 9.21. The van der Waals surface area contributed by atoms with Crippen molar-refractivity contribution in [2.24, 2.45) is 0 Å². The number of anilines is 1. The summed E-state index contributed by atoms with van der Waals surface area (Å²) >= 11 is 1.68. The van der Waals surface area contributed by atoms with Crippen LogP contribution in [-0.4, -0.2) is 26.4 Å². The molecule has 0 aliphatic rings. The van der Waals surface area contributed by atoms with E-state index in [-0.39, 0.29) is 10.8 Å². The van der Waals surface area contributed by atoms with E-state index in [0.717, 1.165) is 16.2 Å². The molecular formula is C21H21N3O3S2. The zero-order valence-corrected chi connectivity index (χ0v) is 17.7. The number of nitrogens with one attached hydrogen (secondary N) is 2. The maximum Gasteiger partial charge on any atom is 0.255 e. The van der Waals surface area contributed by atoms with Crippen molar-refractivity contribution in [3.05, 3.63) is 83.7 Å². The Bertz CT molecular complexity index is 1100. The maximum absolute atomic E-state index is 12.7. The Morgan fingerprint density at radius 2 is 1.86 bits per heavy atom. The molecular weight excluding hydrogens is 406 g/mol. The predicted molar refractivity (Wildman–Crippen MR) is 116 cm³/mol. The summed E-state index contributed by atoms with van der Waals surface area (Å²) < 4.78 is 26.3. The number of carbonyl (C=O) groups excluding carboxylic acids is 1. The smallest absolute Gasteiger partial charge is 0.255 e. The van der Waals surface area contributed by atoms with Gasteiger partial charge in [0.15, 0.2) is 0 Å². The summed E-state index contributed by atoms with van der Waals surface area (Å²) in [7, 11) is -2.28. The molecule has 0 aliphatic heterocycles. The third-order valence-corrected chi connectivity index (χ3v) is 6.77. The van der Waals surface area contributed by atoms with Crippen LogP contribution < -0.4 is 10.0 Å². The van der Waals surface area contributed by atoms with Gasteiger partial charge in [-0.25, -0.2) is 13.1 Å². The minimum atomic E-state index is -3.62. The molecule has 6 nitrogen and oxygen atoms in total. The highest BCUT2D eigenvalue weighted by atomic mass is 32.2. The highest BCUT2D eigenvalue weighted by molar-refractivity contribution is 7.98. The molecule has 1 heterocycles. The Balaban J connectivity index is 1.69. The molecule has 2 aromatic carbocycles. The standard InChI is InChI=1S/C21H21N3O3S2/c1-15-5-10-19(29(26,27)22-2)12-20(15)21(25)24-17-6-8-18(9-7-17)28-14-16-4-3-11-23-13-16/h3-13,22H,14H2,1-2H3,(H,24,25). The van der Waals surface area contributed by atoms with Gasteiger partial charge in [-0.3, -0.25) is 9.78 Å². The normalized spacial score (nSPS) is 11.2. The molecule has 0 spiro atoms. The van der Waals surface area contributed by atoms with Crippen LogP contribution in [0.25, 0.3) is 0 Å². The quantitative estimate of drug-likeness (QED) is 0.559. The Morgan fingerprint density at radius 3 is 2.52 bits per heavy atom. The number of aromatic nitrogens is 1. The van der Waals surface area contributed by atoms with E-state index in [1.807, 2.05) is 42.6 Å². The lowest BCUT2D eigenvalue weighted by Gasteiger charge is -2.10. The van der Waals surface area contributed by atoms with Crippen LogP contribution in [-0.2, 0) is 15.8 Å². The molecule has 2 N–H and O–H groups in total. The van der Waals surface area contributed by atoms with Gasteiger partial charge in [-0.1, -0.05) is 12.1 Å². The first-order valence-corrected chi connectivity index (χ1v) is 11.3. The zero-order valence-electron chi connectivity index (χ0n) is 16.0. The summed E-state index contributed by atoms with van der Waals surface area (Å²) in [4.78, 5) is 17.9. The van der Waals surface area contributed by atoms with E-state index in [1.165, 1.54) is 19.2 Å². The Hall–Kier alpha value is -2.68. The van der Waals surface area contributed by atoms with Gasteiger partial charge < -0.3 is 5.32 Å². The fourth-order valence-electron chi connectivity index (χ4n) is 2.61. The molecule has 0 saturated heterocycles. The summed E-state index contributed by atoms with van der Waals surface area (Å²) in [5, 5.41) is 2.82. The molecule has 1 amide bonds. The highest BCUT2D eigenvalue weighted by Gasteiger charge is 2.16. The first kappa shape index (κ1) is 21.0. The molecule has 0 unspecified atom stereocenters. The van der Waals surface area contributed by atoms with Crippen LogP contribution in [0.3, 0.4) is 0 Å². The molecule has 1 aromatic heterocycles. The summed E-state index contributed by atoms with van der Waals surface area (Å²) in [6, 6.07) is 15.9. The fourth-order valence-corrected chi connectivity index (χ4v) is 4.20. The van der Waals surface area contributed by atoms with Crippen molar-refractivity contribution in [3.63, 3.8) is 0 Å². The largest absolute Gasteiger partial charge is 0.322 e. The number of carbonyl (C=O) groups is 1. The highest BCUT2D eigenvalue weighted by Crippen LogP contribution is 2.24. The van der Waals surface area contributed by atoms with Crippen molar-refractivity contribution in [1.82, 2.24) is 9.71 Å². The number of nitrogens with zero attached hydrogens (tertiary/aromatic N) is 1. The van der Waals surface area contributed by atoms with Gasteiger partial charge in [0.1, 0.15) is 0 Å². The van der Waals surface area contributed by atoms with Crippen LogP contribution in [0.15, 0.2) is 76.8 Å². The lowest BCUT2D eigenvalue weighted by Crippen LogP contribution is -2.20. The van der Waals surface area contributed by atoms with E-state index in [1.54, 1.807) is 30.9 Å². The van der Waals surface area contributed by atoms with Crippen LogP contribution in [0.5, 0.6) is 0 Å². The van der Waals surface area contributed by atoms with Gasteiger partial charge in [0.05, 0.1) is 4.90 Å². The molecule has 29 heavy (non-hydrogen) atoms. The average molecular weight is 428 g/mol. The van der Waals surface area contributed by atoms with Crippen molar-refractivity contribution in [1.29, 1.82) is 0 Å². The monoisotopic (exact) mass is 427 g/mol. The van der Waals surface area contributed by atoms with Gasteiger partial charge in [-0.2, -0.15) is 0 Å². The van der Waals surface area contributed by atoms with Gasteiger partial charge >= 0.3 is 0 Å². The van der Waals surface area contributed by atoms with E-state index < -0.39 is 10.0 Å². The number of amides is 1. The molecule has 150 valence electrons. The number of benzene rings is 2. The van der Waals surface area contributed by atoms with E-state index in [9.17, 15) is 13.2 Å². The van der Waals surface area contributed by atoms with Crippen molar-refractivity contribution in [3.8, 4) is 0 Å². The van der Waals surface area contributed by atoms with Gasteiger partial charge in [0.25, 0.3) is 5.91 Å². The van der Waals surface area contributed by atoms with Crippen LogP contribution in [0, 0.1) is 6.92 Å². The molecule has 0 aliphatic carbocycles. The van der Waals surface area contributed by atoms with E-state index in [4.69, 9.17) is 0 Å². The Morgan fingerprint density at radius 1 is 1.10 bits per heavy atom. The number of hydrogen-bond acceptors (Lipinski definition) is 5. The van der Waals surface area contributed by atoms with E-state index in [0.29, 0.717) is 16.8 Å². The molecule has 0 saturated carbocycles. The predicted octanol–water partition coefficient (Wildman–Crippen LogP) is 3.84. The number of thioether (sulfide) groups is 1. The Kier molecular flexibility index (Phi) is 6.68. The van der Waals surface area contributed by atoms with Crippen LogP contribution >= 0.6 is 11.8 Å². The van der Waals surface area contributed by atoms with E-state index >= 15 is 0 Å². The van der Waals surface area contributed by atoms with Crippen LogP contribution in [0.1, 0.15) is 21.5 Å². The lowest BCUT2D eigenvalue weighted by atomic mass is 10.1. The van der Waals surface area contributed by atoms with Gasteiger partial charge in [-0.15, -0.1) is 11.8 Å². The molecule has 0 bridgehead atoms. The van der Waals surface area contributed by atoms with E-state index in [2.05, 4.69) is 15.0 Å². The molecule has 3 aromatic rings. The lowest BCUT2D eigenvalue weighted by molar-refractivity contribution is 0.102. The zero-order chi connectivity index (χ0) is 20.9. The van der Waals surface area contributed by atoms with Crippen molar-refractivity contribution in [2.75, 3.05) is 12.4 Å². The summed E-state index contributed by atoms with van der Waals surface area (Å²) in [5.74, 6) is 0.456. The van der Waals surface area contributed by atoms with Gasteiger partial charge in [0.2, 0.25) is 10.0 Å². The van der Waals surface area contributed by atoms with Crippen molar-refractivity contribution < 1.29 is 13.2 Å². The molecule has 0 radical (unpaired) electrons. The van der Waals surface area contributed by atoms with Crippen molar-refractivity contribution in [2.45, 2.75) is 22.5 Å². The summed E-state index contributed by atoms with van der Waals surface area (Å²) in [5.41, 5.74) is 2.79. The molecule has 3 rings (SSSR count). The molecule has 8 heteroatoms. The average Bonchev–Trinajstić information content (AvgIpc) is 2.74. The second-order valence-electron chi connectivity index (χ2n) is 6.31. The summed E-state index contributed by atoms with van der Waals surface area (Å²) in [6.45, 7) is 1.77. The number of sulfonamides is 1. The molecule has 0 atom stereocenters. The minimum absolute atomic E-state index is 0.0536.